The predicted octanol–water partition coefficient (Wildman–Crippen LogP) is 3.24. The van der Waals surface area contributed by atoms with Gasteiger partial charge in [-0.25, -0.2) is 4.39 Å². The van der Waals surface area contributed by atoms with Gasteiger partial charge in [-0.15, -0.1) is 11.3 Å². The molecule has 0 aliphatic carbocycles. The number of aliphatic hydroxyl groups excluding tert-OH is 1. The van der Waals surface area contributed by atoms with Crippen molar-refractivity contribution in [2.75, 3.05) is 6.61 Å². The summed E-state index contributed by atoms with van der Waals surface area (Å²) in [5, 5.41) is 12.4. The van der Waals surface area contributed by atoms with Gasteiger partial charge in [0.05, 0.1) is 4.88 Å². The number of hydrogen-bond donors (Lipinski definition) is 2. The lowest BCUT2D eigenvalue weighted by molar-refractivity contribution is 0.0903. The Morgan fingerprint density at radius 3 is 2.75 bits per heavy atom. The highest BCUT2D eigenvalue weighted by Crippen LogP contribution is 2.32. The van der Waals surface area contributed by atoms with Crippen LogP contribution in [0.2, 0.25) is 0 Å². The molecule has 0 spiro atoms. The quantitative estimate of drug-likeness (QED) is 0.909. The number of nitrogens with one attached hydrogen (secondary N) is 1. The molecule has 3 nitrogen and oxygen atoms in total. The second-order valence-electron chi connectivity index (χ2n) is 5.48. The maximum absolute atomic E-state index is 13.8. The third kappa shape index (κ3) is 2.83. The van der Waals surface area contributed by atoms with E-state index in [1.807, 2.05) is 19.9 Å². The molecule has 0 atom stereocenters. The van der Waals surface area contributed by atoms with Gasteiger partial charge in [-0.05, 0) is 44.9 Å². The maximum atomic E-state index is 13.8. The van der Waals surface area contributed by atoms with Crippen LogP contribution >= 0.6 is 11.3 Å². The molecule has 2 N–H and O–H groups in total. The lowest BCUT2D eigenvalue weighted by atomic mass is 10.0. The van der Waals surface area contributed by atoms with Crippen molar-refractivity contribution >= 4 is 27.3 Å². The summed E-state index contributed by atoms with van der Waals surface area (Å²) in [6, 6.07) is 4.86. The van der Waals surface area contributed by atoms with Crippen LogP contribution in [0.3, 0.4) is 0 Å². The third-order valence-corrected chi connectivity index (χ3v) is 4.55. The molecule has 0 fully saturated rings. The SMILES string of the molecule is Cc1c(C(=O)NC(C)(C)CCO)sc2cccc(F)c12. The van der Waals surface area contributed by atoms with E-state index in [0.29, 0.717) is 22.2 Å². The molecule has 0 radical (unpaired) electrons. The zero-order valence-corrected chi connectivity index (χ0v) is 12.6. The van der Waals surface area contributed by atoms with E-state index >= 15 is 0 Å². The fourth-order valence-corrected chi connectivity index (χ4v) is 3.29. The first-order valence-corrected chi connectivity index (χ1v) is 7.28. The molecule has 0 unspecified atom stereocenters. The van der Waals surface area contributed by atoms with Crippen molar-refractivity contribution in [3.8, 4) is 0 Å². The van der Waals surface area contributed by atoms with Crippen molar-refractivity contribution in [1.82, 2.24) is 5.32 Å². The van der Waals surface area contributed by atoms with Crippen molar-refractivity contribution in [3.05, 3.63) is 34.5 Å². The van der Waals surface area contributed by atoms with E-state index in [9.17, 15) is 9.18 Å². The van der Waals surface area contributed by atoms with Crippen LogP contribution in [0.5, 0.6) is 0 Å². The summed E-state index contributed by atoms with van der Waals surface area (Å²) in [7, 11) is 0. The highest BCUT2D eigenvalue weighted by atomic mass is 32.1. The van der Waals surface area contributed by atoms with Crippen LogP contribution in [0.4, 0.5) is 4.39 Å². The number of thiophene rings is 1. The van der Waals surface area contributed by atoms with Crippen LogP contribution in [-0.4, -0.2) is 23.2 Å². The molecule has 0 saturated heterocycles. The number of hydrogen-bond acceptors (Lipinski definition) is 3. The fraction of sp³-hybridized carbons (Fsp3) is 0.400. The summed E-state index contributed by atoms with van der Waals surface area (Å²) in [4.78, 5) is 12.9. The molecule has 5 heteroatoms. The van der Waals surface area contributed by atoms with Gasteiger partial charge in [0, 0.05) is 22.2 Å². The van der Waals surface area contributed by atoms with Gasteiger partial charge in [-0.1, -0.05) is 6.07 Å². The van der Waals surface area contributed by atoms with Gasteiger partial charge in [0.2, 0.25) is 0 Å². The first-order chi connectivity index (χ1) is 9.35. The second-order valence-corrected chi connectivity index (χ2v) is 6.53. The van der Waals surface area contributed by atoms with Crippen LogP contribution in [0.25, 0.3) is 10.1 Å². The van der Waals surface area contributed by atoms with Crippen LogP contribution in [-0.2, 0) is 0 Å². The van der Waals surface area contributed by atoms with E-state index in [1.165, 1.54) is 17.4 Å². The van der Waals surface area contributed by atoms with E-state index in [4.69, 9.17) is 5.11 Å². The number of rotatable bonds is 4. The standard InChI is InChI=1S/C15H18FNO2S/c1-9-12-10(16)5-4-6-11(12)20-13(9)14(19)17-15(2,3)7-8-18/h4-6,18H,7-8H2,1-3H3,(H,17,19). The van der Waals surface area contributed by atoms with E-state index in [0.717, 1.165) is 4.70 Å². The molecular formula is C15H18FNO2S. The van der Waals surface area contributed by atoms with Gasteiger partial charge in [0.25, 0.3) is 5.91 Å². The number of amides is 1. The summed E-state index contributed by atoms with van der Waals surface area (Å²) in [5.41, 5.74) is 0.174. The lowest BCUT2D eigenvalue weighted by Gasteiger charge is -2.25. The van der Waals surface area contributed by atoms with E-state index < -0.39 is 5.54 Å². The topological polar surface area (TPSA) is 49.3 Å². The van der Waals surface area contributed by atoms with E-state index in [-0.39, 0.29) is 18.3 Å². The predicted molar refractivity (Wildman–Crippen MR) is 79.8 cm³/mol. The van der Waals surface area contributed by atoms with Gasteiger partial charge in [0.15, 0.2) is 0 Å². The number of carbonyl (C=O) groups is 1. The molecule has 0 bridgehead atoms. The summed E-state index contributed by atoms with van der Waals surface area (Å²) < 4.78 is 14.6. The molecule has 2 aromatic rings. The Labute approximate surface area is 121 Å². The summed E-state index contributed by atoms with van der Waals surface area (Å²) in [6.07, 6.45) is 0.469. The van der Waals surface area contributed by atoms with Crippen LogP contribution in [0, 0.1) is 12.7 Å². The number of halogens is 1. The zero-order chi connectivity index (χ0) is 14.9. The van der Waals surface area contributed by atoms with E-state index in [1.54, 1.807) is 13.0 Å². The molecule has 0 aliphatic heterocycles. The number of aryl methyl sites for hydroxylation is 1. The van der Waals surface area contributed by atoms with Gasteiger partial charge in [-0.2, -0.15) is 0 Å². The van der Waals surface area contributed by atoms with Gasteiger partial charge < -0.3 is 10.4 Å². The molecule has 1 amide bonds. The third-order valence-electron chi connectivity index (χ3n) is 3.30. The summed E-state index contributed by atoms with van der Waals surface area (Å²) in [6.45, 7) is 5.47. The molecule has 1 aromatic carbocycles. The minimum absolute atomic E-state index is 0.00725. The number of fused-ring (bicyclic) bond motifs is 1. The minimum Gasteiger partial charge on any atom is -0.396 e. The lowest BCUT2D eigenvalue weighted by Crippen LogP contribution is -2.43. The molecule has 1 heterocycles. The number of carbonyl (C=O) groups excluding carboxylic acids is 1. The number of aliphatic hydroxyl groups is 1. The molecule has 20 heavy (non-hydrogen) atoms. The largest absolute Gasteiger partial charge is 0.396 e. The first kappa shape index (κ1) is 14.9. The number of benzene rings is 1. The average Bonchev–Trinajstić information content (AvgIpc) is 2.67. The normalized spacial score (nSPS) is 11.8. The molecular weight excluding hydrogens is 277 g/mol. The van der Waals surface area contributed by atoms with E-state index in [2.05, 4.69) is 5.32 Å². The highest BCUT2D eigenvalue weighted by molar-refractivity contribution is 7.21. The Morgan fingerprint density at radius 2 is 2.15 bits per heavy atom. The van der Waals surface area contributed by atoms with Crippen molar-refractivity contribution in [2.45, 2.75) is 32.7 Å². The Kier molecular flexibility index (Phi) is 4.11. The summed E-state index contributed by atoms with van der Waals surface area (Å²) >= 11 is 1.29. The Balaban J connectivity index is 2.36. The molecule has 1 aromatic heterocycles. The maximum Gasteiger partial charge on any atom is 0.262 e. The summed E-state index contributed by atoms with van der Waals surface area (Å²) in [5.74, 6) is -0.522. The Bertz CT molecular complexity index is 649. The zero-order valence-electron chi connectivity index (χ0n) is 11.8. The van der Waals surface area contributed by atoms with Crippen molar-refractivity contribution < 1.29 is 14.3 Å². The molecule has 2 rings (SSSR count). The van der Waals surface area contributed by atoms with Crippen LogP contribution < -0.4 is 5.32 Å². The Hall–Kier alpha value is -1.46. The molecule has 0 saturated carbocycles. The van der Waals surface area contributed by atoms with Gasteiger partial charge >= 0.3 is 0 Å². The molecule has 0 aliphatic rings. The minimum atomic E-state index is -0.493. The molecule has 108 valence electrons. The fourth-order valence-electron chi connectivity index (χ4n) is 2.18. The second kappa shape index (κ2) is 5.50. The van der Waals surface area contributed by atoms with Gasteiger partial charge in [0.1, 0.15) is 5.82 Å². The smallest absolute Gasteiger partial charge is 0.262 e. The van der Waals surface area contributed by atoms with Crippen molar-refractivity contribution in [3.63, 3.8) is 0 Å². The van der Waals surface area contributed by atoms with Crippen molar-refractivity contribution in [1.29, 1.82) is 0 Å². The monoisotopic (exact) mass is 295 g/mol. The Morgan fingerprint density at radius 1 is 1.45 bits per heavy atom. The van der Waals surface area contributed by atoms with Crippen LogP contribution in [0.15, 0.2) is 18.2 Å². The van der Waals surface area contributed by atoms with Crippen molar-refractivity contribution in [2.24, 2.45) is 0 Å². The first-order valence-electron chi connectivity index (χ1n) is 6.47. The average molecular weight is 295 g/mol. The van der Waals surface area contributed by atoms with Crippen LogP contribution in [0.1, 0.15) is 35.5 Å². The highest BCUT2D eigenvalue weighted by Gasteiger charge is 2.24. The van der Waals surface area contributed by atoms with Gasteiger partial charge in [-0.3, -0.25) is 4.79 Å².